The molecule has 56 valence electrons. The zero-order valence-electron chi connectivity index (χ0n) is 5.89. The summed E-state index contributed by atoms with van der Waals surface area (Å²) in [5.74, 6) is 1.81. The van der Waals surface area contributed by atoms with E-state index in [9.17, 15) is 4.79 Å². The lowest BCUT2D eigenvalue weighted by atomic mass is 10.4. The summed E-state index contributed by atoms with van der Waals surface area (Å²) in [5, 5.41) is 4.57. The first-order chi connectivity index (χ1) is 4.88. The van der Waals surface area contributed by atoms with E-state index in [4.69, 9.17) is 4.84 Å². The lowest BCUT2D eigenvalue weighted by molar-refractivity contribution is -0.105. The summed E-state index contributed by atoms with van der Waals surface area (Å²) in [6, 6.07) is 0. The van der Waals surface area contributed by atoms with E-state index in [0.717, 1.165) is 6.54 Å². The summed E-state index contributed by atoms with van der Waals surface area (Å²) in [6.45, 7) is 2.11. The van der Waals surface area contributed by atoms with Crippen LogP contribution < -0.4 is 5.32 Å². The second kappa shape index (κ2) is 3.37. The minimum absolute atomic E-state index is 0.536. The largest absolute Gasteiger partial charge is 0.309 e. The smallest absolute Gasteiger partial charge is 0.149 e. The zero-order valence-corrected chi connectivity index (χ0v) is 5.89. The first kappa shape index (κ1) is 7.28. The summed E-state index contributed by atoms with van der Waals surface area (Å²) in [6.07, 6.45) is 0. The lowest BCUT2D eigenvalue weighted by Gasteiger charge is -2.26. The van der Waals surface area contributed by atoms with Crippen molar-refractivity contribution in [2.24, 2.45) is 0 Å². The van der Waals surface area contributed by atoms with Crippen molar-refractivity contribution in [2.75, 3.05) is 26.7 Å². The van der Waals surface area contributed by atoms with Gasteiger partial charge in [0.05, 0.1) is 13.7 Å². The molecule has 10 heavy (non-hydrogen) atoms. The number of nitrogens with one attached hydrogen (secondary N) is 1. The number of hydrogen-bond acceptors (Lipinski definition) is 4. The van der Waals surface area contributed by atoms with E-state index in [1.807, 2.05) is 5.94 Å². The molecule has 0 amide bonds. The molecule has 1 aliphatic rings. The highest BCUT2D eigenvalue weighted by Gasteiger charge is 2.13. The van der Waals surface area contributed by atoms with Crippen molar-refractivity contribution in [3.05, 3.63) is 5.70 Å². The van der Waals surface area contributed by atoms with E-state index in [1.165, 1.54) is 0 Å². The van der Waals surface area contributed by atoms with Crippen molar-refractivity contribution in [1.82, 2.24) is 10.4 Å². The van der Waals surface area contributed by atoms with Crippen LogP contribution in [0.1, 0.15) is 0 Å². The minimum Gasteiger partial charge on any atom is -0.309 e. The Balaban J connectivity index is 2.59. The van der Waals surface area contributed by atoms with E-state index in [0.29, 0.717) is 18.8 Å². The third kappa shape index (κ3) is 1.36. The Kier molecular flexibility index (Phi) is 2.45. The molecule has 0 atom stereocenters. The summed E-state index contributed by atoms with van der Waals surface area (Å²) >= 11 is 0. The van der Waals surface area contributed by atoms with Crippen LogP contribution in [-0.4, -0.2) is 37.7 Å². The molecule has 1 saturated heterocycles. The van der Waals surface area contributed by atoms with E-state index in [-0.39, 0.29) is 0 Å². The second-order valence-electron chi connectivity index (χ2n) is 2.01. The maximum Gasteiger partial charge on any atom is 0.149 e. The monoisotopic (exact) mass is 142 g/mol. The number of nitrogens with zero attached hydrogens (tertiary/aromatic N) is 1. The van der Waals surface area contributed by atoms with Crippen LogP contribution in [0.3, 0.4) is 0 Å². The maximum absolute atomic E-state index is 10.2. The number of carbonyl (C=O) groups excluding carboxylic acids is 1. The number of piperazine rings is 1. The van der Waals surface area contributed by atoms with Crippen LogP contribution >= 0.6 is 0 Å². The Morgan fingerprint density at radius 2 is 2.60 bits per heavy atom. The molecule has 0 bridgehead atoms. The number of hydroxylamine groups is 2. The van der Waals surface area contributed by atoms with E-state index >= 15 is 0 Å². The van der Waals surface area contributed by atoms with E-state index in [1.54, 1.807) is 12.2 Å². The Bertz CT molecular complexity index is 163. The molecule has 1 rings (SSSR count). The van der Waals surface area contributed by atoms with E-state index in [2.05, 4.69) is 5.32 Å². The molecule has 0 aromatic rings. The molecule has 1 aliphatic heterocycles. The third-order valence-corrected chi connectivity index (χ3v) is 1.42. The Morgan fingerprint density at radius 1 is 1.80 bits per heavy atom. The highest BCUT2D eigenvalue weighted by molar-refractivity contribution is 5.52. The molecule has 0 unspecified atom stereocenters. The average Bonchev–Trinajstić information content (AvgIpc) is 2.04. The van der Waals surface area contributed by atoms with Gasteiger partial charge in [-0.2, -0.15) is 0 Å². The Labute approximate surface area is 59.4 Å². The van der Waals surface area contributed by atoms with Crippen LogP contribution in [0.25, 0.3) is 0 Å². The molecule has 1 N–H and O–H groups in total. The molecule has 0 spiro atoms. The summed E-state index contributed by atoms with van der Waals surface area (Å²) in [4.78, 5) is 15.1. The molecule has 0 radical (unpaired) electrons. The zero-order chi connectivity index (χ0) is 7.40. The third-order valence-electron chi connectivity index (χ3n) is 1.42. The molecule has 1 fully saturated rings. The molecule has 0 aromatic heterocycles. The van der Waals surface area contributed by atoms with E-state index < -0.39 is 0 Å². The summed E-state index contributed by atoms with van der Waals surface area (Å²) in [7, 11) is 1.54. The predicted octanol–water partition coefficient (Wildman–Crippen LogP) is -0.832. The minimum atomic E-state index is 0.536. The second-order valence-corrected chi connectivity index (χ2v) is 2.01. The maximum atomic E-state index is 10.2. The molecule has 1 heterocycles. The average molecular weight is 142 g/mol. The van der Waals surface area contributed by atoms with Crippen molar-refractivity contribution in [2.45, 2.75) is 0 Å². The first-order valence-electron chi connectivity index (χ1n) is 3.15. The summed E-state index contributed by atoms with van der Waals surface area (Å²) < 4.78 is 0. The van der Waals surface area contributed by atoms with Crippen molar-refractivity contribution in [3.8, 4) is 0 Å². The normalized spacial score (nSPS) is 18.9. The molecule has 0 aliphatic carbocycles. The highest BCUT2D eigenvalue weighted by atomic mass is 16.7. The predicted molar refractivity (Wildman–Crippen MR) is 35.8 cm³/mol. The van der Waals surface area contributed by atoms with Crippen molar-refractivity contribution in [3.63, 3.8) is 0 Å². The van der Waals surface area contributed by atoms with Crippen molar-refractivity contribution < 1.29 is 9.63 Å². The number of hydrogen-bond donors (Lipinski definition) is 1. The molecule has 4 nitrogen and oxygen atoms in total. The molecule has 0 aromatic carbocycles. The van der Waals surface area contributed by atoms with Gasteiger partial charge < -0.3 is 5.32 Å². The van der Waals surface area contributed by atoms with Gasteiger partial charge in [-0.25, -0.2) is 9.86 Å². The number of rotatable bonds is 1. The van der Waals surface area contributed by atoms with Gasteiger partial charge >= 0.3 is 0 Å². The SMILES string of the molecule is CON1CCNCC1=C=O. The quantitative estimate of drug-likeness (QED) is 0.485. The fourth-order valence-corrected chi connectivity index (χ4v) is 0.899. The lowest BCUT2D eigenvalue weighted by Crippen LogP contribution is -2.41. The van der Waals surface area contributed by atoms with Crippen LogP contribution in [0.5, 0.6) is 0 Å². The standard InChI is InChI=1S/C6H10N2O2/c1-10-8-3-2-7-4-6(8)5-9/h7H,2-4H2,1H3. The molecule has 0 saturated carbocycles. The van der Waals surface area contributed by atoms with Crippen LogP contribution in [0.15, 0.2) is 5.70 Å². The van der Waals surface area contributed by atoms with Crippen LogP contribution in [-0.2, 0) is 9.63 Å². The fraction of sp³-hybridized carbons (Fsp3) is 0.667. The molecule has 4 heteroatoms. The van der Waals surface area contributed by atoms with Gasteiger partial charge in [0.15, 0.2) is 0 Å². The Morgan fingerprint density at radius 3 is 3.10 bits per heavy atom. The fourth-order valence-electron chi connectivity index (χ4n) is 0.899. The topological polar surface area (TPSA) is 41.6 Å². The van der Waals surface area contributed by atoms with Gasteiger partial charge in [0.1, 0.15) is 11.6 Å². The van der Waals surface area contributed by atoms with Gasteiger partial charge in [-0.1, -0.05) is 0 Å². The van der Waals surface area contributed by atoms with Gasteiger partial charge in [0, 0.05) is 13.1 Å². The highest BCUT2D eigenvalue weighted by Crippen LogP contribution is 2.01. The van der Waals surface area contributed by atoms with Gasteiger partial charge in [0.25, 0.3) is 0 Å². The van der Waals surface area contributed by atoms with Crippen LogP contribution in [0.4, 0.5) is 0 Å². The first-order valence-corrected chi connectivity index (χ1v) is 3.15. The van der Waals surface area contributed by atoms with Gasteiger partial charge in [0.2, 0.25) is 0 Å². The van der Waals surface area contributed by atoms with Crippen molar-refractivity contribution >= 4 is 5.94 Å². The van der Waals surface area contributed by atoms with Gasteiger partial charge in [-0.05, 0) is 0 Å². The van der Waals surface area contributed by atoms with Gasteiger partial charge in [-0.3, -0.25) is 4.84 Å². The van der Waals surface area contributed by atoms with Gasteiger partial charge in [-0.15, -0.1) is 0 Å². The van der Waals surface area contributed by atoms with Crippen LogP contribution in [0.2, 0.25) is 0 Å². The molecular formula is C6H10N2O2. The summed E-state index contributed by atoms with van der Waals surface area (Å²) in [5.41, 5.74) is 0.536. The van der Waals surface area contributed by atoms with Crippen LogP contribution in [0, 0.1) is 0 Å². The van der Waals surface area contributed by atoms with Crippen molar-refractivity contribution in [1.29, 1.82) is 0 Å². The molecular weight excluding hydrogens is 132 g/mol. The Hall–Kier alpha value is -0.830.